The van der Waals surface area contributed by atoms with Crippen molar-refractivity contribution in [3.63, 3.8) is 0 Å². The minimum absolute atomic E-state index is 0. The summed E-state index contributed by atoms with van der Waals surface area (Å²) in [4.78, 5) is 0. The van der Waals surface area contributed by atoms with E-state index in [0.717, 1.165) is 5.66 Å². The first-order chi connectivity index (χ1) is 17.8. The topological polar surface area (TPSA) is 0 Å². The molecule has 1 aromatic rings. The molecule has 0 spiro atoms. The van der Waals surface area contributed by atoms with Crippen molar-refractivity contribution in [3.8, 4) is 0 Å². The van der Waals surface area contributed by atoms with Crippen molar-refractivity contribution in [1.29, 1.82) is 0 Å². The van der Waals surface area contributed by atoms with Gasteiger partial charge >= 0.3 is 24.3 Å². The van der Waals surface area contributed by atoms with Gasteiger partial charge in [-0.2, -0.15) is 0 Å². The molecule has 39 heavy (non-hydrogen) atoms. The third-order valence-corrected chi connectivity index (χ3v) is 16.4. The molecule has 4 atom stereocenters. The first-order valence-electron chi connectivity index (χ1n) is 13.3. The van der Waals surface area contributed by atoms with Gasteiger partial charge in [0, 0.05) is 0 Å². The molecular weight excluding hydrogens is 596 g/mol. The van der Waals surface area contributed by atoms with Gasteiger partial charge in [-0.25, -0.2) is 0 Å². The molecule has 219 valence electrons. The third kappa shape index (κ3) is 15.4. The monoisotopic (exact) mass is 642 g/mol. The Bertz CT molecular complexity index is 747. The summed E-state index contributed by atoms with van der Waals surface area (Å²) in [6, 6.07) is 11.3. The van der Waals surface area contributed by atoms with Crippen molar-refractivity contribution in [3.05, 3.63) is 85.2 Å². The Balaban J connectivity index is 0.000000746. The molecule has 1 saturated carbocycles. The molecule has 0 bridgehead atoms. The van der Waals surface area contributed by atoms with Crippen LogP contribution in [0.4, 0.5) is 17.3 Å². The quantitative estimate of drug-likeness (QED) is 0.130. The standard InChI is InChI=1S/C20H31P3.C10H15.BF4.Fe/c1-4-12-21-14-9-15-23(20-10-7-6-8-11-20)18-19(3)22(13-5-2)17-16-21;1-6-7(2)9(4)10(5)8(6)3;2-1(3,4)5;/h4-8,10-11,19H,1-2,9,12-18H2,3H3;1-5H3;;/q;;-1;+2. The smallest absolute Gasteiger partial charge is 0.418 e. The van der Waals surface area contributed by atoms with Gasteiger partial charge in [0.15, 0.2) is 0 Å². The van der Waals surface area contributed by atoms with Crippen molar-refractivity contribution < 1.29 is 34.3 Å². The minimum Gasteiger partial charge on any atom is -0.418 e. The van der Waals surface area contributed by atoms with Gasteiger partial charge in [-0.3, -0.25) is 0 Å². The second-order valence-electron chi connectivity index (χ2n) is 9.98. The molecule has 1 heterocycles. The number of hydrogen-bond acceptors (Lipinski definition) is 0. The first kappa shape index (κ1) is 39.3. The van der Waals surface area contributed by atoms with Crippen LogP contribution in [0.2, 0.25) is 0 Å². The summed E-state index contributed by atoms with van der Waals surface area (Å²) in [5, 5.41) is 1.62. The molecular formula is C30H46BF4FeP3+. The SMILES string of the molecule is C=CCP1CCCP(c2ccccc2)CC(C)P(CC=C)CC1.C[C]1[C](C)[C](C)[C](C)[C]1C.F[B-](F)(F)F.[Fe+2]. The summed E-state index contributed by atoms with van der Waals surface area (Å²) >= 11 is 0. The van der Waals surface area contributed by atoms with E-state index in [4.69, 9.17) is 0 Å². The molecule has 1 saturated heterocycles. The van der Waals surface area contributed by atoms with Crippen LogP contribution < -0.4 is 5.30 Å². The normalized spacial score (nSPS) is 26.3. The molecule has 4 unspecified atom stereocenters. The Hall–Kier alpha value is 0.294. The fourth-order valence-corrected chi connectivity index (χ4v) is 13.9. The summed E-state index contributed by atoms with van der Waals surface area (Å²) in [6.45, 7) is 21.5. The number of benzene rings is 1. The van der Waals surface area contributed by atoms with Gasteiger partial charge < -0.3 is 17.3 Å². The summed E-state index contributed by atoms with van der Waals surface area (Å²) in [5.74, 6) is 7.34. The van der Waals surface area contributed by atoms with Crippen molar-refractivity contribution in [2.75, 3.05) is 43.1 Å². The predicted molar refractivity (Wildman–Crippen MR) is 170 cm³/mol. The van der Waals surface area contributed by atoms with Crippen LogP contribution in [0.15, 0.2) is 55.6 Å². The van der Waals surface area contributed by atoms with Gasteiger partial charge in [-0.1, -0.05) is 99.9 Å². The number of halogens is 4. The van der Waals surface area contributed by atoms with Gasteiger partial charge in [0.25, 0.3) is 0 Å². The summed E-state index contributed by atoms with van der Waals surface area (Å²) in [5.41, 5.74) is 0.882. The molecule has 1 aromatic carbocycles. The van der Waals surface area contributed by atoms with Crippen LogP contribution in [0, 0.1) is 29.6 Å². The fraction of sp³-hybridized carbons (Fsp3) is 0.500. The maximum atomic E-state index is 9.75. The Labute approximate surface area is 251 Å². The Morgan fingerprint density at radius 1 is 0.769 bits per heavy atom. The maximum absolute atomic E-state index is 9.75. The third-order valence-electron chi connectivity index (χ3n) is 7.40. The summed E-state index contributed by atoms with van der Waals surface area (Å²) < 4.78 is 39.0. The van der Waals surface area contributed by atoms with E-state index in [9.17, 15) is 17.3 Å². The van der Waals surface area contributed by atoms with Crippen LogP contribution >= 0.6 is 23.8 Å². The minimum atomic E-state index is -6.00. The van der Waals surface area contributed by atoms with Gasteiger partial charge in [0.1, 0.15) is 0 Å². The van der Waals surface area contributed by atoms with E-state index in [1.807, 2.05) is 0 Å². The fourth-order valence-electron chi connectivity index (χ4n) is 4.69. The van der Waals surface area contributed by atoms with Crippen LogP contribution in [-0.4, -0.2) is 56.0 Å². The zero-order valence-electron chi connectivity index (χ0n) is 24.5. The van der Waals surface area contributed by atoms with Crippen molar-refractivity contribution in [1.82, 2.24) is 0 Å². The second-order valence-corrected chi connectivity index (χ2v) is 17.9. The number of rotatable bonds is 5. The van der Waals surface area contributed by atoms with E-state index in [1.54, 1.807) is 5.30 Å². The summed E-state index contributed by atoms with van der Waals surface area (Å²) in [6.07, 6.45) is 15.5. The molecule has 1 aliphatic heterocycles. The maximum Gasteiger partial charge on any atom is 2.00 e. The molecule has 0 nitrogen and oxygen atoms in total. The molecule has 2 aliphatic rings. The summed E-state index contributed by atoms with van der Waals surface area (Å²) in [7, 11) is -5.67. The van der Waals surface area contributed by atoms with E-state index < -0.39 is 7.25 Å². The Morgan fingerprint density at radius 3 is 1.67 bits per heavy atom. The van der Waals surface area contributed by atoms with E-state index in [0.29, 0.717) is 0 Å². The zero-order valence-corrected chi connectivity index (χ0v) is 28.3. The molecule has 0 amide bonds. The number of allylic oxidation sites excluding steroid dienone is 2. The zero-order chi connectivity index (χ0) is 28.9. The van der Waals surface area contributed by atoms with Crippen LogP contribution in [-0.2, 0) is 17.1 Å². The molecule has 9 heteroatoms. The Kier molecular flexibility index (Phi) is 20.4. The molecule has 0 N–H and O–H groups in total. The van der Waals surface area contributed by atoms with E-state index in [-0.39, 0.29) is 40.8 Å². The van der Waals surface area contributed by atoms with E-state index in [2.05, 4.69) is 97.2 Å². The van der Waals surface area contributed by atoms with Crippen LogP contribution in [0.5, 0.6) is 0 Å². The van der Waals surface area contributed by atoms with Crippen LogP contribution in [0.3, 0.4) is 0 Å². The van der Waals surface area contributed by atoms with Crippen molar-refractivity contribution >= 4 is 36.3 Å². The van der Waals surface area contributed by atoms with Crippen molar-refractivity contribution in [2.45, 2.75) is 53.6 Å². The Morgan fingerprint density at radius 2 is 1.23 bits per heavy atom. The van der Waals surface area contributed by atoms with Crippen molar-refractivity contribution in [2.24, 2.45) is 0 Å². The van der Waals surface area contributed by atoms with Crippen LogP contribution in [0.1, 0.15) is 48.0 Å². The molecule has 5 radical (unpaired) electrons. The van der Waals surface area contributed by atoms with Gasteiger partial charge in [-0.05, 0) is 90.1 Å². The average molecular weight is 642 g/mol. The molecule has 0 aromatic heterocycles. The van der Waals surface area contributed by atoms with Crippen LogP contribution in [0.25, 0.3) is 0 Å². The van der Waals surface area contributed by atoms with Gasteiger partial charge in [-0.15, -0.1) is 21.1 Å². The van der Waals surface area contributed by atoms with E-state index in [1.165, 1.54) is 79.1 Å². The second kappa shape index (κ2) is 20.2. The molecule has 3 rings (SSSR count). The van der Waals surface area contributed by atoms with Gasteiger partial charge in [0.2, 0.25) is 0 Å². The molecule has 2 fully saturated rings. The van der Waals surface area contributed by atoms with Gasteiger partial charge in [0.05, 0.1) is 0 Å². The first-order valence-corrected chi connectivity index (χ1v) is 18.7. The average Bonchev–Trinajstić information content (AvgIpc) is 3.02. The molecule has 1 aliphatic carbocycles. The number of hydrogen-bond donors (Lipinski definition) is 0. The van der Waals surface area contributed by atoms with E-state index >= 15 is 0 Å². The largest absolute Gasteiger partial charge is 2.00 e. The predicted octanol–water partition coefficient (Wildman–Crippen LogP) is 10.2.